The number of carbonyl (C=O) groups is 1. The van der Waals surface area contributed by atoms with Crippen molar-refractivity contribution >= 4 is 5.91 Å². The van der Waals surface area contributed by atoms with E-state index in [1.54, 1.807) is 0 Å². The number of nitrogens with zero attached hydrogens (tertiary/aromatic N) is 1. The number of carbonyl (C=O) groups excluding carboxylic acids is 1. The molecule has 0 saturated carbocycles. The number of halogens is 1. The van der Waals surface area contributed by atoms with Crippen LogP contribution < -0.4 is 0 Å². The molecule has 1 aliphatic heterocycles. The summed E-state index contributed by atoms with van der Waals surface area (Å²) in [5.41, 5.74) is 3.36. The monoisotopic (exact) mass is 387 g/mol. The lowest BCUT2D eigenvalue weighted by atomic mass is 9.76. The minimum Gasteiger partial charge on any atom is -0.336 e. The van der Waals surface area contributed by atoms with Crippen LogP contribution in [0.4, 0.5) is 4.39 Å². The second-order valence-electron chi connectivity index (χ2n) is 7.86. The first-order chi connectivity index (χ1) is 14.1. The van der Waals surface area contributed by atoms with E-state index in [-0.39, 0.29) is 29.6 Å². The number of hydrogen-bond acceptors (Lipinski definition) is 1. The van der Waals surface area contributed by atoms with Gasteiger partial charge in [0.2, 0.25) is 5.91 Å². The minimum absolute atomic E-state index is 0.0381. The molecular formula is C26H26FNO. The lowest BCUT2D eigenvalue weighted by Gasteiger charge is -2.41. The Bertz CT molecular complexity index is 939. The number of benzene rings is 3. The summed E-state index contributed by atoms with van der Waals surface area (Å²) in [4.78, 5) is 15.7. The Morgan fingerprint density at radius 3 is 2.21 bits per heavy atom. The highest BCUT2D eigenvalue weighted by Crippen LogP contribution is 2.39. The van der Waals surface area contributed by atoms with Crippen LogP contribution in [0.3, 0.4) is 0 Å². The largest absolute Gasteiger partial charge is 0.336 e. The Labute approximate surface area is 172 Å². The molecule has 1 amide bonds. The molecule has 3 atom stereocenters. The van der Waals surface area contributed by atoms with Crippen LogP contribution in [0, 0.1) is 11.7 Å². The quantitative estimate of drug-likeness (QED) is 0.545. The number of amides is 1. The van der Waals surface area contributed by atoms with E-state index in [4.69, 9.17) is 0 Å². The molecule has 0 N–H and O–H groups in total. The third kappa shape index (κ3) is 4.24. The molecular weight excluding hydrogens is 361 g/mol. The van der Waals surface area contributed by atoms with Crippen LogP contribution in [0.5, 0.6) is 0 Å². The molecule has 1 heterocycles. The van der Waals surface area contributed by atoms with Crippen LogP contribution in [-0.2, 0) is 11.2 Å². The smallest absolute Gasteiger partial charge is 0.227 e. The molecule has 0 aromatic heterocycles. The summed E-state index contributed by atoms with van der Waals surface area (Å²) < 4.78 is 13.5. The Balaban J connectivity index is 1.64. The maximum Gasteiger partial charge on any atom is 0.227 e. The summed E-state index contributed by atoms with van der Waals surface area (Å²) in [6.07, 6.45) is 1.58. The van der Waals surface area contributed by atoms with E-state index in [9.17, 15) is 9.18 Å². The van der Waals surface area contributed by atoms with Crippen molar-refractivity contribution in [1.82, 2.24) is 4.90 Å². The molecule has 4 rings (SSSR count). The summed E-state index contributed by atoms with van der Waals surface area (Å²) >= 11 is 0. The van der Waals surface area contributed by atoms with Crippen molar-refractivity contribution in [2.45, 2.75) is 31.7 Å². The van der Waals surface area contributed by atoms with Crippen LogP contribution in [0.1, 0.15) is 42.0 Å². The van der Waals surface area contributed by atoms with E-state index in [1.165, 1.54) is 12.1 Å². The maximum atomic E-state index is 13.6. The van der Waals surface area contributed by atoms with Gasteiger partial charge >= 0.3 is 0 Å². The van der Waals surface area contributed by atoms with Gasteiger partial charge in [0.15, 0.2) is 0 Å². The fourth-order valence-corrected chi connectivity index (χ4v) is 4.48. The molecule has 29 heavy (non-hydrogen) atoms. The van der Waals surface area contributed by atoms with Crippen molar-refractivity contribution < 1.29 is 9.18 Å². The average Bonchev–Trinajstić information content (AvgIpc) is 2.77. The van der Waals surface area contributed by atoms with Gasteiger partial charge in [-0.05, 0) is 54.5 Å². The number of hydrogen-bond donors (Lipinski definition) is 0. The Morgan fingerprint density at radius 1 is 0.931 bits per heavy atom. The van der Waals surface area contributed by atoms with Crippen LogP contribution >= 0.6 is 0 Å². The molecule has 1 aliphatic rings. The van der Waals surface area contributed by atoms with E-state index in [2.05, 4.69) is 31.2 Å². The van der Waals surface area contributed by atoms with E-state index in [1.807, 2.05) is 53.4 Å². The van der Waals surface area contributed by atoms with Crippen LogP contribution in [0.15, 0.2) is 84.9 Å². The number of rotatable bonds is 5. The molecule has 0 aliphatic carbocycles. The predicted octanol–water partition coefficient (Wildman–Crippen LogP) is 5.76. The third-order valence-electron chi connectivity index (χ3n) is 6.11. The molecule has 2 nitrogen and oxygen atoms in total. The fourth-order valence-electron chi connectivity index (χ4n) is 4.48. The zero-order chi connectivity index (χ0) is 20.2. The standard InChI is InChI=1S/C26H26FNO/c1-19(21-10-6-3-7-11-21)28-17-16-24(22-12-14-23(27)15-13-22)25(26(28)29)18-20-8-4-2-5-9-20/h2-15,19,24-25H,16-18H2,1H3/t19-,24-,25-/m0/s1. The highest BCUT2D eigenvalue weighted by atomic mass is 19.1. The minimum atomic E-state index is -0.241. The van der Waals surface area contributed by atoms with E-state index in [0.717, 1.165) is 23.1 Å². The van der Waals surface area contributed by atoms with Crippen molar-refractivity contribution in [2.24, 2.45) is 5.92 Å². The second kappa shape index (κ2) is 8.60. The van der Waals surface area contributed by atoms with Crippen molar-refractivity contribution in [3.63, 3.8) is 0 Å². The van der Waals surface area contributed by atoms with Crippen molar-refractivity contribution in [1.29, 1.82) is 0 Å². The zero-order valence-electron chi connectivity index (χ0n) is 16.7. The molecule has 3 heteroatoms. The Kier molecular flexibility index (Phi) is 5.75. The van der Waals surface area contributed by atoms with Gasteiger partial charge in [-0.2, -0.15) is 0 Å². The van der Waals surface area contributed by atoms with E-state index in [0.29, 0.717) is 13.0 Å². The van der Waals surface area contributed by atoms with Crippen molar-refractivity contribution in [3.8, 4) is 0 Å². The fraction of sp³-hybridized carbons (Fsp3) is 0.269. The Morgan fingerprint density at radius 2 is 1.55 bits per heavy atom. The lowest BCUT2D eigenvalue weighted by Crippen LogP contribution is -2.46. The molecule has 0 spiro atoms. The second-order valence-corrected chi connectivity index (χ2v) is 7.86. The average molecular weight is 387 g/mol. The van der Waals surface area contributed by atoms with Crippen molar-refractivity contribution in [3.05, 3.63) is 107 Å². The van der Waals surface area contributed by atoms with Gasteiger partial charge in [0, 0.05) is 12.5 Å². The summed E-state index contributed by atoms with van der Waals surface area (Å²) in [6, 6.07) is 27.1. The zero-order valence-corrected chi connectivity index (χ0v) is 16.7. The molecule has 1 saturated heterocycles. The van der Waals surface area contributed by atoms with Crippen molar-refractivity contribution in [2.75, 3.05) is 6.54 Å². The molecule has 0 unspecified atom stereocenters. The summed E-state index contributed by atoms with van der Waals surface area (Å²) in [5, 5.41) is 0. The van der Waals surface area contributed by atoms with Gasteiger partial charge in [-0.25, -0.2) is 4.39 Å². The van der Waals surface area contributed by atoms with Gasteiger partial charge in [-0.15, -0.1) is 0 Å². The van der Waals surface area contributed by atoms with E-state index < -0.39 is 0 Å². The van der Waals surface area contributed by atoms with Gasteiger partial charge < -0.3 is 4.90 Å². The summed E-state index contributed by atoms with van der Waals surface area (Å²) in [5.74, 6) is -0.106. The topological polar surface area (TPSA) is 20.3 Å². The molecule has 3 aromatic rings. The van der Waals surface area contributed by atoms with Gasteiger partial charge in [0.25, 0.3) is 0 Å². The van der Waals surface area contributed by atoms with Gasteiger partial charge in [0.05, 0.1) is 6.04 Å². The van der Waals surface area contributed by atoms with Gasteiger partial charge in [0.1, 0.15) is 5.82 Å². The maximum absolute atomic E-state index is 13.6. The van der Waals surface area contributed by atoms with Crippen LogP contribution in [0.2, 0.25) is 0 Å². The Hall–Kier alpha value is -2.94. The normalized spacial score (nSPS) is 20.5. The van der Waals surface area contributed by atoms with Crippen LogP contribution in [-0.4, -0.2) is 17.4 Å². The number of piperidine rings is 1. The lowest BCUT2D eigenvalue weighted by molar-refractivity contribution is -0.142. The van der Waals surface area contributed by atoms with Gasteiger partial charge in [-0.3, -0.25) is 4.79 Å². The molecule has 0 radical (unpaired) electrons. The first kappa shape index (κ1) is 19.4. The summed E-state index contributed by atoms with van der Waals surface area (Å²) in [7, 11) is 0. The first-order valence-electron chi connectivity index (χ1n) is 10.3. The third-order valence-corrected chi connectivity index (χ3v) is 6.11. The SMILES string of the molecule is C[C@@H](c1ccccc1)N1CC[C@@H](c2ccc(F)cc2)[C@H](Cc2ccccc2)C1=O. The van der Waals surface area contributed by atoms with Gasteiger partial charge in [-0.1, -0.05) is 72.8 Å². The molecule has 0 bridgehead atoms. The summed E-state index contributed by atoms with van der Waals surface area (Å²) in [6.45, 7) is 2.81. The molecule has 3 aromatic carbocycles. The molecule has 148 valence electrons. The van der Waals surface area contributed by atoms with E-state index >= 15 is 0 Å². The first-order valence-corrected chi connectivity index (χ1v) is 10.3. The van der Waals surface area contributed by atoms with Crippen LogP contribution in [0.25, 0.3) is 0 Å². The molecule has 1 fully saturated rings. The predicted molar refractivity (Wildman–Crippen MR) is 114 cm³/mol. The number of likely N-dealkylation sites (tertiary alicyclic amines) is 1. The highest BCUT2D eigenvalue weighted by Gasteiger charge is 2.39. The highest BCUT2D eigenvalue weighted by molar-refractivity contribution is 5.81.